The fourth-order valence-corrected chi connectivity index (χ4v) is 2.96. The van der Waals surface area contributed by atoms with Gasteiger partial charge in [0.2, 0.25) is 0 Å². The van der Waals surface area contributed by atoms with E-state index in [2.05, 4.69) is 29.8 Å². The van der Waals surface area contributed by atoms with E-state index in [1.165, 1.54) is 4.88 Å². The van der Waals surface area contributed by atoms with Crippen LogP contribution in [-0.2, 0) is 0 Å². The molecule has 0 saturated heterocycles. The third-order valence-electron chi connectivity index (χ3n) is 2.63. The predicted molar refractivity (Wildman–Crippen MR) is 82.7 cm³/mol. The molecule has 0 aliphatic heterocycles. The summed E-state index contributed by atoms with van der Waals surface area (Å²) in [6.07, 6.45) is 0. The van der Waals surface area contributed by atoms with Crippen LogP contribution in [-0.4, -0.2) is 13.2 Å². The number of halogens is 2. The summed E-state index contributed by atoms with van der Waals surface area (Å²) in [5.41, 5.74) is 0. The highest BCUT2D eigenvalue weighted by molar-refractivity contribution is 7.10. The minimum Gasteiger partial charge on any atom is -0.492 e. The lowest BCUT2D eigenvalue weighted by molar-refractivity contribution is 0.308. The van der Waals surface area contributed by atoms with E-state index < -0.39 is 0 Å². The molecule has 0 aliphatic rings. The number of ether oxygens (including phenoxy) is 1. The van der Waals surface area contributed by atoms with Gasteiger partial charge < -0.3 is 10.1 Å². The van der Waals surface area contributed by atoms with Crippen LogP contribution >= 0.6 is 34.5 Å². The van der Waals surface area contributed by atoms with Crippen LogP contribution in [0.25, 0.3) is 0 Å². The fraction of sp³-hybridized carbons (Fsp3) is 0.286. The van der Waals surface area contributed by atoms with Crippen molar-refractivity contribution in [2.75, 3.05) is 13.2 Å². The van der Waals surface area contributed by atoms with Gasteiger partial charge in [0.05, 0.1) is 0 Å². The molecule has 2 rings (SSSR count). The van der Waals surface area contributed by atoms with Crippen molar-refractivity contribution >= 4 is 34.5 Å². The fourth-order valence-electron chi connectivity index (χ4n) is 1.69. The molecule has 0 radical (unpaired) electrons. The van der Waals surface area contributed by atoms with Crippen molar-refractivity contribution in [2.45, 2.75) is 13.0 Å². The van der Waals surface area contributed by atoms with E-state index in [0.29, 0.717) is 28.4 Å². The molecule has 0 fully saturated rings. The van der Waals surface area contributed by atoms with E-state index in [0.717, 1.165) is 6.54 Å². The minimum atomic E-state index is 0.339. The second-order valence-corrected chi connectivity index (χ2v) is 6.00. The number of rotatable bonds is 6. The maximum absolute atomic E-state index is 5.90. The zero-order valence-electron chi connectivity index (χ0n) is 10.5. The number of benzene rings is 1. The summed E-state index contributed by atoms with van der Waals surface area (Å²) in [6.45, 7) is 3.48. The summed E-state index contributed by atoms with van der Waals surface area (Å²) < 4.78 is 5.61. The molecule has 1 heterocycles. The summed E-state index contributed by atoms with van der Waals surface area (Å²) >= 11 is 13.6. The Morgan fingerprint density at radius 1 is 1.26 bits per heavy atom. The van der Waals surface area contributed by atoms with Crippen molar-refractivity contribution in [3.8, 4) is 5.75 Å². The Hall–Kier alpha value is -0.740. The van der Waals surface area contributed by atoms with E-state index in [9.17, 15) is 0 Å². The Morgan fingerprint density at radius 2 is 2.00 bits per heavy atom. The van der Waals surface area contributed by atoms with Crippen molar-refractivity contribution in [2.24, 2.45) is 0 Å². The summed E-state index contributed by atoms with van der Waals surface area (Å²) in [7, 11) is 0. The van der Waals surface area contributed by atoms with Gasteiger partial charge in [-0.3, -0.25) is 0 Å². The molecule has 1 atom stereocenters. The standard InChI is InChI=1S/C14H15Cl2NOS/c1-10(14-3-2-6-19-14)17-4-5-18-13-8-11(15)7-12(16)9-13/h2-3,6-10,17H,4-5H2,1H3. The van der Waals surface area contributed by atoms with Gasteiger partial charge in [0, 0.05) is 27.5 Å². The second-order valence-electron chi connectivity index (χ2n) is 4.14. The minimum absolute atomic E-state index is 0.339. The van der Waals surface area contributed by atoms with Gasteiger partial charge in [0.25, 0.3) is 0 Å². The first-order chi connectivity index (χ1) is 9.15. The molecule has 1 N–H and O–H groups in total. The number of hydrogen-bond acceptors (Lipinski definition) is 3. The molecule has 2 nitrogen and oxygen atoms in total. The highest BCUT2D eigenvalue weighted by atomic mass is 35.5. The summed E-state index contributed by atoms with van der Waals surface area (Å²) in [5.74, 6) is 0.697. The number of thiophene rings is 1. The Balaban J connectivity index is 1.75. The molecule has 102 valence electrons. The zero-order chi connectivity index (χ0) is 13.7. The first-order valence-corrected chi connectivity index (χ1v) is 7.64. The molecule has 0 aliphatic carbocycles. The summed E-state index contributed by atoms with van der Waals surface area (Å²) in [5, 5.41) is 6.66. The smallest absolute Gasteiger partial charge is 0.122 e. The van der Waals surface area contributed by atoms with Crippen LogP contribution in [0, 0.1) is 0 Å². The van der Waals surface area contributed by atoms with Crippen LogP contribution in [0.3, 0.4) is 0 Å². The van der Waals surface area contributed by atoms with Crippen molar-refractivity contribution in [1.29, 1.82) is 0 Å². The van der Waals surface area contributed by atoms with Crippen molar-refractivity contribution in [1.82, 2.24) is 5.32 Å². The molecule has 0 spiro atoms. The third kappa shape index (κ3) is 4.69. The monoisotopic (exact) mass is 315 g/mol. The SMILES string of the molecule is CC(NCCOc1cc(Cl)cc(Cl)c1)c1cccs1. The van der Waals surface area contributed by atoms with Gasteiger partial charge in [-0.15, -0.1) is 11.3 Å². The molecule has 0 amide bonds. The van der Waals surface area contributed by atoms with Crippen LogP contribution in [0.15, 0.2) is 35.7 Å². The van der Waals surface area contributed by atoms with Gasteiger partial charge in [-0.1, -0.05) is 29.3 Å². The maximum atomic E-state index is 5.90. The van der Waals surface area contributed by atoms with E-state index in [4.69, 9.17) is 27.9 Å². The average molecular weight is 316 g/mol. The van der Waals surface area contributed by atoms with Crippen molar-refractivity contribution < 1.29 is 4.74 Å². The number of hydrogen-bond donors (Lipinski definition) is 1. The molecule has 2 aromatic rings. The number of nitrogens with one attached hydrogen (secondary N) is 1. The molecule has 19 heavy (non-hydrogen) atoms. The van der Waals surface area contributed by atoms with Gasteiger partial charge in [-0.2, -0.15) is 0 Å². The van der Waals surface area contributed by atoms with Gasteiger partial charge in [0.1, 0.15) is 12.4 Å². The molecule has 1 aromatic heterocycles. The molecule has 1 aromatic carbocycles. The van der Waals surface area contributed by atoms with Crippen molar-refractivity contribution in [3.63, 3.8) is 0 Å². The third-order valence-corrected chi connectivity index (χ3v) is 4.12. The maximum Gasteiger partial charge on any atom is 0.122 e. The molecule has 5 heteroatoms. The highest BCUT2D eigenvalue weighted by Gasteiger charge is 2.05. The Bertz CT molecular complexity index is 496. The summed E-state index contributed by atoms with van der Waals surface area (Å²) in [6, 6.07) is 9.73. The van der Waals surface area contributed by atoms with E-state index >= 15 is 0 Å². The van der Waals surface area contributed by atoms with Gasteiger partial charge >= 0.3 is 0 Å². The largest absolute Gasteiger partial charge is 0.492 e. The van der Waals surface area contributed by atoms with E-state index in [1.54, 1.807) is 29.5 Å². The molecule has 0 bridgehead atoms. The quantitative estimate of drug-likeness (QED) is 0.774. The second kappa shape index (κ2) is 7.15. The molecular formula is C14H15Cl2NOS. The molecule has 0 saturated carbocycles. The van der Waals surface area contributed by atoms with Crippen LogP contribution in [0.2, 0.25) is 10.0 Å². The Morgan fingerprint density at radius 3 is 2.63 bits per heavy atom. The first kappa shape index (κ1) is 14.7. The van der Waals surface area contributed by atoms with Crippen LogP contribution in [0.5, 0.6) is 5.75 Å². The topological polar surface area (TPSA) is 21.3 Å². The lowest BCUT2D eigenvalue weighted by Crippen LogP contribution is -2.23. The van der Waals surface area contributed by atoms with Crippen LogP contribution in [0.4, 0.5) is 0 Å². The van der Waals surface area contributed by atoms with Gasteiger partial charge in [-0.05, 0) is 36.6 Å². The normalized spacial score (nSPS) is 12.4. The zero-order valence-corrected chi connectivity index (χ0v) is 12.9. The van der Waals surface area contributed by atoms with E-state index in [-0.39, 0.29) is 0 Å². The summed E-state index contributed by atoms with van der Waals surface area (Å²) in [4.78, 5) is 1.32. The van der Waals surface area contributed by atoms with E-state index in [1.807, 2.05) is 0 Å². The Kier molecular flexibility index (Phi) is 5.52. The Labute approximate surface area is 127 Å². The molecular weight excluding hydrogens is 301 g/mol. The molecule has 1 unspecified atom stereocenters. The average Bonchev–Trinajstić information content (AvgIpc) is 2.87. The van der Waals surface area contributed by atoms with Gasteiger partial charge in [-0.25, -0.2) is 0 Å². The predicted octanol–water partition coefficient (Wildman–Crippen LogP) is 4.78. The lowest BCUT2D eigenvalue weighted by atomic mass is 10.3. The van der Waals surface area contributed by atoms with Crippen LogP contribution < -0.4 is 10.1 Å². The van der Waals surface area contributed by atoms with Gasteiger partial charge in [0.15, 0.2) is 0 Å². The first-order valence-electron chi connectivity index (χ1n) is 6.01. The lowest BCUT2D eigenvalue weighted by Gasteiger charge is -2.13. The van der Waals surface area contributed by atoms with Crippen LogP contribution in [0.1, 0.15) is 17.8 Å². The highest BCUT2D eigenvalue weighted by Crippen LogP contribution is 2.24. The van der Waals surface area contributed by atoms with Crippen molar-refractivity contribution in [3.05, 3.63) is 50.6 Å².